The fourth-order valence-electron chi connectivity index (χ4n) is 3.30. The Balaban J connectivity index is 1.42. The zero-order valence-electron chi connectivity index (χ0n) is 17.5. The van der Waals surface area contributed by atoms with Crippen LogP contribution in [0.3, 0.4) is 0 Å². The molecule has 4 rings (SSSR count). The zero-order valence-corrected chi connectivity index (χ0v) is 18.4. The van der Waals surface area contributed by atoms with Gasteiger partial charge in [-0.05, 0) is 36.8 Å². The standard InChI is InChI=1S/C25H22N4O2S/c1-17-7-6-8-18(13-17)15-32-16-24(30)28-29-25(31)20-14-23(22-11-4-5-12-26-22)27-21-10-3-2-9-19(20)21/h2-14H,15-16H2,1H3,(H,28,30)(H,29,31). The first-order chi connectivity index (χ1) is 15.6. The molecule has 0 fully saturated rings. The lowest BCUT2D eigenvalue weighted by Gasteiger charge is -2.11. The van der Waals surface area contributed by atoms with Crippen LogP contribution in [-0.2, 0) is 10.5 Å². The molecule has 7 heteroatoms. The van der Waals surface area contributed by atoms with Crippen LogP contribution in [0.2, 0.25) is 0 Å². The summed E-state index contributed by atoms with van der Waals surface area (Å²) in [4.78, 5) is 34.1. The summed E-state index contributed by atoms with van der Waals surface area (Å²) in [5, 5.41) is 0.702. The van der Waals surface area contributed by atoms with E-state index in [1.807, 2.05) is 67.6 Å². The summed E-state index contributed by atoms with van der Waals surface area (Å²) >= 11 is 1.49. The van der Waals surface area contributed by atoms with Crippen LogP contribution in [0.25, 0.3) is 22.3 Å². The Labute approximate surface area is 190 Å². The molecule has 2 aromatic heterocycles. The summed E-state index contributed by atoms with van der Waals surface area (Å²) < 4.78 is 0. The largest absolute Gasteiger partial charge is 0.272 e. The van der Waals surface area contributed by atoms with Crippen molar-refractivity contribution < 1.29 is 9.59 Å². The lowest BCUT2D eigenvalue weighted by atomic mass is 10.1. The van der Waals surface area contributed by atoms with Gasteiger partial charge in [-0.15, -0.1) is 11.8 Å². The Morgan fingerprint density at radius 1 is 0.906 bits per heavy atom. The highest BCUT2D eigenvalue weighted by Crippen LogP contribution is 2.23. The van der Waals surface area contributed by atoms with Crippen LogP contribution in [0.1, 0.15) is 21.5 Å². The number of fused-ring (bicyclic) bond motifs is 1. The molecule has 6 nitrogen and oxygen atoms in total. The van der Waals surface area contributed by atoms with Gasteiger partial charge in [0.05, 0.1) is 28.2 Å². The summed E-state index contributed by atoms with van der Waals surface area (Å²) in [5.74, 6) is 0.299. The van der Waals surface area contributed by atoms with E-state index in [-0.39, 0.29) is 11.7 Å². The van der Waals surface area contributed by atoms with Gasteiger partial charge in [0, 0.05) is 17.3 Å². The van der Waals surface area contributed by atoms with Crippen molar-refractivity contribution in [2.45, 2.75) is 12.7 Å². The molecular formula is C25H22N4O2S. The van der Waals surface area contributed by atoms with Gasteiger partial charge in [0.25, 0.3) is 5.91 Å². The van der Waals surface area contributed by atoms with Gasteiger partial charge in [0.1, 0.15) is 0 Å². The van der Waals surface area contributed by atoms with E-state index >= 15 is 0 Å². The van der Waals surface area contributed by atoms with Gasteiger partial charge in [0.15, 0.2) is 0 Å². The molecule has 160 valence electrons. The van der Waals surface area contributed by atoms with Gasteiger partial charge in [0.2, 0.25) is 5.91 Å². The topological polar surface area (TPSA) is 84.0 Å². The fourth-order valence-corrected chi connectivity index (χ4v) is 4.08. The molecule has 2 aromatic carbocycles. The minimum Gasteiger partial charge on any atom is -0.272 e. The first-order valence-electron chi connectivity index (χ1n) is 10.1. The first-order valence-corrected chi connectivity index (χ1v) is 11.3. The second-order valence-corrected chi connectivity index (χ2v) is 8.26. The van der Waals surface area contributed by atoms with Crippen molar-refractivity contribution in [1.29, 1.82) is 0 Å². The number of pyridine rings is 2. The Kier molecular flexibility index (Phi) is 6.77. The molecule has 2 N–H and O–H groups in total. The number of benzene rings is 2. The smallest absolute Gasteiger partial charge is 0.270 e. The van der Waals surface area contributed by atoms with Crippen molar-refractivity contribution in [2.24, 2.45) is 0 Å². The Morgan fingerprint density at radius 2 is 1.75 bits per heavy atom. The maximum Gasteiger partial charge on any atom is 0.270 e. The van der Waals surface area contributed by atoms with Crippen LogP contribution < -0.4 is 10.9 Å². The van der Waals surface area contributed by atoms with Crippen molar-refractivity contribution in [1.82, 2.24) is 20.8 Å². The maximum absolute atomic E-state index is 12.9. The molecule has 0 saturated heterocycles. The molecule has 0 radical (unpaired) electrons. The molecule has 2 heterocycles. The van der Waals surface area contributed by atoms with Crippen molar-refractivity contribution in [3.05, 3.63) is 95.7 Å². The van der Waals surface area contributed by atoms with Gasteiger partial charge in [-0.1, -0.05) is 54.1 Å². The Morgan fingerprint density at radius 3 is 2.56 bits per heavy atom. The number of rotatable bonds is 6. The summed E-state index contributed by atoms with van der Waals surface area (Å²) in [7, 11) is 0. The third-order valence-electron chi connectivity index (χ3n) is 4.79. The normalized spacial score (nSPS) is 10.7. The van der Waals surface area contributed by atoms with Crippen LogP contribution in [0.4, 0.5) is 0 Å². The van der Waals surface area contributed by atoms with E-state index < -0.39 is 5.91 Å². The number of carbonyl (C=O) groups excluding carboxylic acids is 2. The molecule has 4 aromatic rings. The number of carbonyl (C=O) groups is 2. The molecule has 0 atom stereocenters. The van der Waals surface area contributed by atoms with Gasteiger partial charge in [-0.2, -0.15) is 0 Å². The van der Waals surface area contributed by atoms with Crippen LogP contribution in [-0.4, -0.2) is 27.5 Å². The van der Waals surface area contributed by atoms with Crippen LogP contribution in [0.15, 0.2) is 79.0 Å². The monoisotopic (exact) mass is 442 g/mol. The predicted octanol–water partition coefficient (Wildman–Crippen LogP) is 4.30. The highest BCUT2D eigenvalue weighted by atomic mass is 32.2. The van der Waals surface area contributed by atoms with E-state index in [9.17, 15) is 9.59 Å². The predicted molar refractivity (Wildman–Crippen MR) is 128 cm³/mol. The van der Waals surface area contributed by atoms with Crippen molar-refractivity contribution in [3.8, 4) is 11.4 Å². The third-order valence-corrected chi connectivity index (χ3v) is 5.79. The molecule has 2 amide bonds. The molecule has 0 spiro atoms. The Bertz CT molecular complexity index is 1260. The van der Waals surface area contributed by atoms with E-state index in [2.05, 4.69) is 26.9 Å². The number of nitrogens with one attached hydrogen (secondary N) is 2. The van der Waals surface area contributed by atoms with Gasteiger partial charge < -0.3 is 0 Å². The van der Waals surface area contributed by atoms with E-state index in [1.165, 1.54) is 17.3 Å². The van der Waals surface area contributed by atoms with Crippen molar-refractivity contribution >= 4 is 34.5 Å². The number of amides is 2. The van der Waals surface area contributed by atoms with Crippen molar-refractivity contribution in [2.75, 3.05) is 5.75 Å². The number of aromatic nitrogens is 2. The average Bonchev–Trinajstić information content (AvgIpc) is 2.82. The number of thioether (sulfide) groups is 1. The number of hydrogen-bond acceptors (Lipinski definition) is 5. The highest BCUT2D eigenvalue weighted by Gasteiger charge is 2.15. The fraction of sp³-hybridized carbons (Fsp3) is 0.120. The summed E-state index contributed by atoms with van der Waals surface area (Å²) in [6, 6.07) is 22.8. The summed E-state index contributed by atoms with van der Waals surface area (Å²) in [6.45, 7) is 2.04. The zero-order chi connectivity index (χ0) is 22.3. The lowest BCUT2D eigenvalue weighted by Crippen LogP contribution is -2.42. The average molecular weight is 443 g/mol. The highest BCUT2D eigenvalue weighted by molar-refractivity contribution is 7.99. The van der Waals surface area contributed by atoms with E-state index in [0.29, 0.717) is 27.9 Å². The molecule has 0 unspecified atom stereocenters. The van der Waals surface area contributed by atoms with Gasteiger partial charge in [-0.25, -0.2) is 4.98 Å². The van der Waals surface area contributed by atoms with Crippen LogP contribution >= 0.6 is 11.8 Å². The molecular weight excluding hydrogens is 420 g/mol. The molecule has 0 aliphatic heterocycles. The molecule has 0 aliphatic carbocycles. The minimum absolute atomic E-state index is 0.241. The summed E-state index contributed by atoms with van der Waals surface area (Å²) in [6.07, 6.45) is 1.68. The minimum atomic E-state index is -0.405. The van der Waals surface area contributed by atoms with Crippen molar-refractivity contribution in [3.63, 3.8) is 0 Å². The maximum atomic E-state index is 12.9. The molecule has 0 saturated carbocycles. The third kappa shape index (κ3) is 5.31. The first kappa shape index (κ1) is 21.5. The van der Waals surface area contributed by atoms with E-state index in [4.69, 9.17) is 0 Å². The molecule has 0 bridgehead atoms. The number of hydrogen-bond donors (Lipinski definition) is 2. The number of nitrogens with zero attached hydrogens (tertiary/aromatic N) is 2. The molecule has 0 aliphatic rings. The van der Waals surface area contributed by atoms with Gasteiger partial charge >= 0.3 is 0 Å². The van der Waals surface area contributed by atoms with Crippen LogP contribution in [0.5, 0.6) is 0 Å². The van der Waals surface area contributed by atoms with Gasteiger partial charge in [-0.3, -0.25) is 25.4 Å². The van der Waals surface area contributed by atoms with E-state index in [0.717, 1.165) is 11.3 Å². The number of para-hydroxylation sites is 1. The lowest BCUT2D eigenvalue weighted by molar-refractivity contribution is -0.119. The second-order valence-electron chi connectivity index (χ2n) is 7.27. The quantitative estimate of drug-likeness (QED) is 0.435. The second kappa shape index (κ2) is 10.1. The molecule has 32 heavy (non-hydrogen) atoms. The number of hydrazine groups is 1. The SMILES string of the molecule is Cc1cccc(CSCC(=O)NNC(=O)c2cc(-c3ccccn3)nc3ccccc23)c1. The van der Waals surface area contributed by atoms with Crippen LogP contribution in [0, 0.1) is 6.92 Å². The summed E-state index contributed by atoms with van der Waals surface area (Å²) in [5.41, 5.74) is 9.75. The van der Waals surface area contributed by atoms with E-state index in [1.54, 1.807) is 12.3 Å². The Hall–Kier alpha value is -3.71. The number of aryl methyl sites for hydroxylation is 1.